The number of aryl methyl sites for hydroxylation is 2. The zero-order chi connectivity index (χ0) is 17.5. The number of amides is 2. The van der Waals surface area contributed by atoms with Gasteiger partial charge in [-0.05, 0) is 25.7 Å². The molecule has 1 saturated carbocycles. The zero-order valence-corrected chi connectivity index (χ0v) is 15.3. The highest BCUT2D eigenvalue weighted by Gasteiger charge is 2.25. The third kappa shape index (κ3) is 5.17. The second kappa shape index (κ2) is 9.17. The van der Waals surface area contributed by atoms with Crippen LogP contribution in [0.3, 0.4) is 0 Å². The number of carbonyl (C=O) groups is 1. The van der Waals surface area contributed by atoms with E-state index in [9.17, 15) is 4.79 Å². The predicted molar refractivity (Wildman–Crippen MR) is 95.4 cm³/mol. The van der Waals surface area contributed by atoms with Crippen LogP contribution < -0.4 is 10.6 Å². The highest BCUT2D eigenvalue weighted by molar-refractivity contribution is 5.74. The zero-order valence-electron chi connectivity index (χ0n) is 15.3. The van der Waals surface area contributed by atoms with Gasteiger partial charge in [-0.25, -0.2) is 14.5 Å². The summed E-state index contributed by atoms with van der Waals surface area (Å²) in [5.74, 6) is 1.73. The lowest BCUT2D eigenvalue weighted by Crippen LogP contribution is -2.41. The van der Waals surface area contributed by atoms with Crippen LogP contribution >= 0.6 is 0 Å². The first-order valence-corrected chi connectivity index (χ1v) is 9.86. The Bertz CT molecular complexity index is 552. The van der Waals surface area contributed by atoms with Crippen LogP contribution in [0.15, 0.2) is 0 Å². The lowest BCUT2D eigenvalue weighted by molar-refractivity contribution is 0.0460. The molecule has 1 aromatic rings. The molecule has 2 heterocycles. The average molecular weight is 349 g/mol. The summed E-state index contributed by atoms with van der Waals surface area (Å²) >= 11 is 0. The number of fused-ring (bicyclic) bond motifs is 1. The molecule has 0 spiro atoms. The van der Waals surface area contributed by atoms with Crippen molar-refractivity contribution in [3.05, 3.63) is 11.6 Å². The molecule has 1 aliphatic heterocycles. The van der Waals surface area contributed by atoms with Crippen molar-refractivity contribution in [2.45, 2.75) is 83.4 Å². The van der Waals surface area contributed by atoms with Gasteiger partial charge >= 0.3 is 6.03 Å². The van der Waals surface area contributed by atoms with E-state index in [2.05, 4.69) is 20.7 Å². The van der Waals surface area contributed by atoms with E-state index in [4.69, 9.17) is 4.74 Å². The summed E-state index contributed by atoms with van der Waals surface area (Å²) in [4.78, 5) is 16.7. The fourth-order valence-electron chi connectivity index (χ4n) is 3.69. The van der Waals surface area contributed by atoms with Crippen LogP contribution in [0.5, 0.6) is 0 Å². The highest BCUT2D eigenvalue weighted by atomic mass is 16.5. The van der Waals surface area contributed by atoms with E-state index in [-0.39, 0.29) is 12.1 Å². The maximum Gasteiger partial charge on any atom is 0.315 e. The van der Waals surface area contributed by atoms with Crippen LogP contribution in [0, 0.1) is 0 Å². The summed E-state index contributed by atoms with van der Waals surface area (Å²) in [6.07, 6.45) is 10.6. The van der Waals surface area contributed by atoms with Crippen molar-refractivity contribution in [1.82, 2.24) is 25.4 Å². The Hall–Kier alpha value is -1.63. The van der Waals surface area contributed by atoms with Crippen LogP contribution in [0.2, 0.25) is 0 Å². The first-order chi connectivity index (χ1) is 12.3. The number of nitrogens with zero attached hydrogens (tertiary/aromatic N) is 3. The van der Waals surface area contributed by atoms with Gasteiger partial charge in [0.15, 0.2) is 5.82 Å². The Morgan fingerprint density at radius 1 is 1.20 bits per heavy atom. The highest BCUT2D eigenvalue weighted by Crippen LogP contribution is 2.23. The quantitative estimate of drug-likeness (QED) is 0.611. The molecule has 1 fully saturated rings. The molecule has 0 bridgehead atoms. The van der Waals surface area contributed by atoms with Crippen LogP contribution in [0.4, 0.5) is 4.79 Å². The monoisotopic (exact) mass is 349 g/mol. The molecule has 1 aromatic heterocycles. The molecule has 2 amide bonds. The van der Waals surface area contributed by atoms with Gasteiger partial charge in [0.05, 0.1) is 18.8 Å². The van der Waals surface area contributed by atoms with Gasteiger partial charge in [-0.1, -0.05) is 32.6 Å². The molecule has 3 rings (SSSR count). The lowest BCUT2D eigenvalue weighted by Gasteiger charge is -2.23. The molecular formula is C18H31N5O2. The number of hydrogen-bond donors (Lipinski definition) is 2. The molecule has 0 unspecified atom stereocenters. The van der Waals surface area contributed by atoms with Gasteiger partial charge in [-0.3, -0.25) is 0 Å². The molecule has 25 heavy (non-hydrogen) atoms. The molecule has 7 heteroatoms. The molecule has 0 aromatic carbocycles. The maximum absolute atomic E-state index is 12.2. The molecule has 0 saturated heterocycles. The Labute approximate surface area is 149 Å². The lowest BCUT2D eigenvalue weighted by atomic mass is 10.1. The van der Waals surface area contributed by atoms with Gasteiger partial charge in [-0.15, -0.1) is 0 Å². The standard InChI is InChI=1S/C18H31N5O2/c1-2-16-21-17-15(10-7-12-23(17)22-16)20-18(24)19-11-13-25-14-8-5-3-4-6-9-14/h14-15H,2-13H2,1H3,(H2,19,20,24)/t15-/m0/s1. The average Bonchev–Trinajstić information content (AvgIpc) is 2.88. The van der Waals surface area contributed by atoms with Gasteiger partial charge in [-0.2, -0.15) is 5.10 Å². The van der Waals surface area contributed by atoms with Crippen molar-refractivity contribution in [3.8, 4) is 0 Å². The van der Waals surface area contributed by atoms with Gasteiger partial charge in [0.25, 0.3) is 0 Å². The van der Waals surface area contributed by atoms with E-state index in [1.165, 1.54) is 25.7 Å². The minimum absolute atomic E-state index is 0.0516. The molecular weight excluding hydrogens is 318 g/mol. The van der Waals surface area contributed by atoms with Crippen LogP contribution in [-0.2, 0) is 17.7 Å². The van der Waals surface area contributed by atoms with Crippen molar-refractivity contribution in [3.63, 3.8) is 0 Å². The van der Waals surface area contributed by atoms with Crippen molar-refractivity contribution in [2.24, 2.45) is 0 Å². The maximum atomic E-state index is 12.2. The Morgan fingerprint density at radius 3 is 2.76 bits per heavy atom. The van der Waals surface area contributed by atoms with Gasteiger partial charge in [0.2, 0.25) is 0 Å². The summed E-state index contributed by atoms with van der Waals surface area (Å²) in [5, 5.41) is 10.4. The first kappa shape index (κ1) is 18.2. The van der Waals surface area contributed by atoms with E-state index in [1.54, 1.807) is 0 Å². The number of carbonyl (C=O) groups excluding carboxylic acids is 1. The largest absolute Gasteiger partial charge is 0.376 e. The summed E-state index contributed by atoms with van der Waals surface area (Å²) in [5.41, 5.74) is 0. The third-order valence-corrected chi connectivity index (χ3v) is 5.08. The second-order valence-electron chi connectivity index (χ2n) is 7.04. The fraction of sp³-hybridized carbons (Fsp3) is 0.833. The van der Waals surface area contributed by atoms with Gasteiger partial charge in [0.1, 0.15) is 5.82 Å². The number of urea groups is 1. The smallest absolute Gasteiger partial charge is 0.315 e. The normalized spacial score (nSPS) is 21.4. The first-order valence-electron chi connectivity index (χ1n) is 9.86. The number of nitrogens with one attached hydrogen (secondary N) is 2. The van der Waals surface area contributed by atoms with Crippen molar-refractivity contribution in [1.29, 1.82) is 0 Å². The van der Waals surface area contributed by atoms with Crippen molar-refractivity contribution < 1.29 is 9.53 Å². The van der Waals surface area contributed by atoms with Crippen LogP contribution in [0.25, 0.3) is 0 Å². The Kier molecular flexibility index (Phi) is 6.67. The number of rotatable bonds is 6. The summed E-state index contributed by atoms with van der Waals surface area (Å²) in [6.45, 7) is 4.06. The van der Waals surface area contributed by atoms with Crippen LogP contribution in [-0.4, -0.2) is 40.1 Å². The van der Waals surface area contributed by atoms with E-state index >= 15 is 0 Å². The molecule has 0 radical (unpaired) electrons. The molecule has 140 valence electrons. The van der Waals surface area contributed by atoms with E-state index in [0.29, 0.717) is 19.3 Å². The molecule has 1 aliphatic carbocycles. The minimum Gasteiger partial charge on any atom is -0.376 e. The van der Waals surface area contributed by atoms with Crippen LogP contribution in [0.1, 0.15) is 76.0 Å². The van der Waals surface area contributed by atoms with E-state index in [1.807, 2.05) is 11.6 Å². The van der Waals surface area contributed by atoms with Gasteiger partial charge in [0, 0.05) is 19.5 Å². The molecule has 7 nitrogen and oxygen atoms in total. The minimum atomic E-state index is -0.149. The predicted octanol–water partition coefficient (Wildman–Crippen LogP) is 2.71. The number of hydrogen-bond acceptors (Lipinski definition) is 4. The van der Waals surface area contributed by atoms with Crippen molar-refractivity contribution >= 4 is 6.03 Å². The topological polar surface area (TPSA) is 81.1 Å². The third-order valence-electron chi connectivity index (χ3n) is 5.08. The molecule has 1 atom stereocenters. The molecule has 2 aliphatic rings. The second-order valence-corrected chi connectivity index (χ2v) is 7.04. The number of aromatic nitrogens is 3. The SMILES string of the molecule is CCc1nc2n(n1)CCC[C@@H]2NC(=O)NCCOC1CCCCCC1. The molecule has 2 N–H and O–H groups in total. The van der Waals surface area contributed by atoms with Gasteiger partial charge < -0.3 is 15.4 Å². The Balaban J connectivity index is 1.39. The van der Waals surface area contributed by atoms with E-state index < -0.39 is 0 Å². The fourth-order valence-corrected chi connectivity index (χ4v) is 3.69. The van der Waals surface area contributed by atoms with E-state index in [0.717, 1.165) is 50.3 Å². The number of ether oxygens (including phenoxy) is 1. The summed E-state index contributed by atoms with van der Waals surface area (Å²) in [7, 11) is 0. The summed E-state index contributed by atoms with van der Waals surface area (Å²) < 4.78 is 7.84. The van der Waals surface area contributed by atoms with Crippen molar-refractivity contribution in [2.75, 3.05) is 13.2 Å². The Morgan fingerprint density at radius 2 is 2.00 bits per heavy atom. The summed E-state index contributed by atoms with van der Waals surface area (Å²) in [6, 6.07) is -0.201.